The summed E-state index contributed by atoms with van der Waals surface area (Å²) in [5, 5.41) is 9.53. The van der Waals surface area contributed by atoms with Crippen molar-refractivity contribution in [2.75, 3.05) is 13.1 Å². The van der Waals surface area contributed by atoms with Crippen molar-refractivity contribution in [3.63, 3.8) is 0 Å². The van der Waals surface area contributed by atoms with Gasteiger partial charge < -0.3 is 14.6 Å². The summed E-state index contributed by atoms with van der Waals surface area (Å²) in [6.07, 6.45) is 3.55. The Labute approximate surface area is 117 Å². The molecule has 0 bridgehead atoms. The lowest BCUT2D eigenvalue weighted by Crippen LogP contribution is -2.30. The highest BCUT2D eigenvalue weighted by Gasteiger charge is 2.35. The van der Waals surface area contributed by atoms with Gasteiger partial charge in [0.25, 0.3) is 0 Å². The van der Waals surface area contributed by atoms with Crippen LogP contribution in [0.15, 0.2) is 11.8 Å². The molecule has 5 heteroatoms. The molecule has 3 rings (SSSR count). The van der Waals surface area contributed by atoms with Crippen LogP contribution in [0.3, 0.4) is 0 Å². The summed E-state index contributed by atoms with van der Waals surface area (Å²) in [5.41, 5.74) is 2.63. The number of Topliss-reactive ketones (excluding diaryl/α,β-unsaturated/α-hetero) is 1. The topological polar surface area (TPSA) is 62.5 Å². The minimum Gasteiger partial charge on any atom is -0.392 e. The van der Waals surface area contributed by atoms with Crippen molar-refractivity contribution in [3.05, 3.63) is 34.3 Å². The smallest absolute Gasteiger partial charge is 0.211 e. The lowest BCUT2D eigenvalue weighted by Gasteiger charge is -2.23. The Balaban J connectivity index is 2.14. The molecule has 1 aliphatic heterocycles. The molecule has 0 radical (unpaired) electrons. The van der Waals surface area contributed by atoms with Gasteiger partial charge >= 0.3 is 0 Å². The zero-order chi connectivity index (χ0) is 14.4. The van der Waals surface area contributed by atoms with Gasteiger partial charge in [0.05, 0.1) is 17.9 Å². The first-order valence-electron chi connectivity index (χ1n) is 6.91. The SMILES string of the molecule is Cc1c(CO)c2c(n1C)C(=O)C=C(N1CCCC1)C2=O. The van der Waals surface area contributed by atoms with Gasteiger partial charge in [0.15, 0.2) is 0 Å². The number of allylic oxidation sites excluding steroid dienone is 2. The maximum Gasteiger partial charge on any atom is 0.211 e. The van der Waals surface area contributed by atoms with E-state index in [4.69, 9.17) is 0 Å². The van der Waals surface area contributed by atoms with Gasteiger partial charge in [-0.3, -0.25) is 9.59 Å². The van der Waals surface area contributed by atoms with E-state index in [0.29, 0.717) is 22.5 Å². The van der Waals surface area contributed by atoms with E-state index in [1.54, 1.807) is 11.6 Å². The molecule has 0 unspecified atom stereocenters. The van der Waals surface area contributed by atoms with Crippen molar-refractivity contribution in [2.45, 2.75) is 26.4 Å². The fourth-order valence-electron chi connectivity index (χ4n) is 3.17. The summed E-state index contributed by atoms with van der Waals surface area (Å²) < 4.78 is 1.71. The highest BCUT2D eigenvalue weighted by atomic mass is 16.3. The van der Waals surface area contributed by atoms with Crippen LogP contribution < -0.4 is 0 Å². The van der Waals surface area contributed by atoms with Crippen molar-refractivity contribution >= 4 is 11.6 Å². The van der Waals surface area contributed by atoms with Gasteiger partial charge in [-0.1, -0.05) is 0 Å². The van der Waals surface area contributed by atoms with Crippen LogP contribution in [-0.4, -0.2) is 39.2 Å². The number of nitrogens with zero attached hydrogens (tertiary/aromatic N) is 2. The van der Waals surface area contributed by atoms with Gasteiger partial charge in [-0.25, -0.2) is 0 Å². The second-order valence-corrected chi connectivity index (χ2v) is 5.42. The third-order valence-corrected chi connectivity index (χ3v) is 4.38. The van der Waals surface area contributed by atoms with E-state index in [0.717, 1.165) is 31.6 Å². The monoisotopic (exact) mass is 274 g/mol. The average molecular weight is 274 g/mol. The zero-order valence-electron chi connectivity index (χ0n) is 11.8. The molecule has 0 amide bonds. The van der Waals surface area contributed by atoms with Gasteiger partial charge in [0.2, 0.25) is 11.6 Å². The number of carbonyl (C=O) groups excluding carboxylic acids is 2. The minimum atomic E-state index is -0.221. The summed E-state index contributed by atoms with van der Waals surface area (Å²) in [4.78, 5) is 27.0. The molecule has 20 heavy (non-hydrogen) atoms. The molecule has 2 heterocycles. The van der Waals surface area contributed by atoms with Gasteiger partial charge in [0, 0.05) is 37.5 Å². The summed E-state index contributed by atoms with van der Waals surface area (Å²) in [6.45, 7) is 3.24. The molecule has 106 valence electrons. The highest BCUT2D eigenvalue weighted by molar-refractivity contribution is 6.24. The number of hydrogen-bond acceptors (Lipinski definition) is 4. The van der Waals surface area contributed by atoms with Crippen LogP contribution in [0, 0.1) is 6.92 Å². The van der Waals surface area contributed by atoms with Crippen molar-refractivity contribution in [2.24, 2.45) is 7.05 Å². The molecule has 1 aromatic heterocycles. The van der Waals surface area contributed by atoms with Crippen LogP contribution in [0.1, 0.15) is 44.9 Å². The molecule has 0 saturated carbocycles. The molecule has 0 atom stereocenters. The summed E-state index contributed by atoms with van der Waals surface area (Å²) in [6, 6.07) is 0. The molecule has 5 nitrogen and oxygen atoms in total. The number of hydrogen-bond donors (Lipinski definition) is 1. The summed E-state index contributed by atoms with van der Waals surface area (Å²) >= 11 is 0. The second-order valence-electron chi connectivity index (χ2n) is 5.42. The Morgan fingerprint density at radius 2 is 1.90 bits per heavy atom. The Morgan fingerprint density at radius 1 is 1.25 bits per heavy atom. The number of carbonyl (C=O) groups is 2. The molecule has 1 saturated heterocycles. The number of fused-ring (bicyclic) bond motifs is 1. The average Bonchev–Trinajstić information content (AvgIpc) is 3.03. The number of likely N-dealkylation sites (tertiary alicyclic amines) is 1. The van der Waals surface area contributed by atoms with E-state index in [2.05, 4.69) is 0 Å². The molecule has 0 spiro atoms. The lowest BCUT2D eigenvalue weighted by molar-refractivity contribution is 0.0951. The van der Waals surface area contributed by atoms with E-state index in [1.807, 2.05) is 11.8 Å². The first-order chi connectivity index (χ1) is 9.56. The van der Waals surface area contributed by atoms with Gasteiger partial charge in [-0.2, -0.15) is 0 Å². The number of aliphatic hydroxyl groups excluding tert-OH is 1. The van der Waals surface area contributed by atoms with Gasteiger partial charge in [-0.15, -0.1) is 0 Å². The van der Waals surface area contributed by atoms with Crippen LogP contribution >= 0.6 is 0 Å². The van der Waals surface area contributed by atoms with Crippen LogP contribution in [0.4, 0.5) is 0 Å². The normalized spacial score (nSPS) is 18.6. The maximum atomic E-state index is 12.7. The van der Waals surface area contributed by atoms with Crippen LogP contribution in [0.2, 0.25) is 0 Å². The van der Waals surface area contributed by atoms with Crippen molar-refractivity contribution in [3.8, 4) is 0 Å². The maximum absolute atomic E-state index is 12.7. The van der Waals surface area contributed by atoms with Crippen LogP contribution in [0.5, 0.6) is 0 Å². The van der Waals surface area contributed by atoms with Crippen molar-refractivity contribution in [1.29, 1.82) is 0 Å². The number of aliphatic hydroxyl groups is 1. The van der Waals surface area contributed by atoms with E-state index >= 15 is 0 Å². The predicted molar refractivity (Wildman–Crippen MR) is 73.6 cm³/mol. The Hall–Kier alpha value is -1.88. The van der Waals surface area contributed by atoms with E-state index in [1.165, 1.54) is 6.08 Å². The zero-order valence-corrected chi connectivity index (χ0v) is 11.8. The minimum absolute atomic E-state index is 0.130. The fraction of sp³-hybridized carbons (Fsp3) is 0.467. The van der Waals surface area contributed by atoms with E-state index in [9.17, 15) is 14.7 Å². The molecule has 1 N–H and O–H groups in total. The number of rotatable bonds is 2. The quantitative estimate of drug-likeness (QED) is 0.880. The van der Waals surface area contributed by atoms with E-state index < -0.39 is 0 Å². The van der Waals surface area contributed by atoms with Crippen LogP contribution in [-0.2, 0) is 13.7 Å². The van der Waals surface area contributed by atoms with Crippen LogP contribution in [0.25, 0.3) is 0 Å². The molecule has 1 aromatic rings. The van der Waals surface area contributed by atoms with Gasteiger partial charge in [-0.05, 0) is 19.8 Å². The lowest BCUT2D eigenvalue weighted by atomic mass is 9.94. The molecule has 0 aromatic carbocycles. The predicted octanol–water partition coefficient (Wildman–Crippen LogP) is 1.18. The standard InChI is InChI=1S/C15H18N2O3/c1-9-10(8-18)13-14(16(9)2)12(19)7-11(15(13)20)17-5-3-4-6-17/h7,18H,3-6,8H2,1-2H3. The fourth-order valence-corrected chi connectivity index (χ4v) is 3.17. The number of ketones is 2. The Kier molecular flexibility index (Phi) is 3.01. The van der Waals surface area contributed by atoms with Crippen molar-refractivity contribution in [1.82, 2.24) is 9.47 Å². The molecule has 2 aliphatic rings. The third kappa shape index (κ3) is 1.66. The molecular weight excluding hydrogens is 256 g/mol. The van der Waals surface area contributed by atoms with Gasteiger partial charge in [0.1, 0.15) is 5.69 Å². The molecule has 1 aliphatic carbocycles. The molecular formula is C15H18N2O3. The summed E-state index contributed by atoms with van der Waals surface area (Å²) in [7, 11) is 1.76. The summed E-state index contributed by atoms with van der Waals surface area (Å²) in [5.74, 6) is -0.277. The Bertz CT molecular complexity index is 634. The first-order valence-corrected chi connectivity index (χ1v) is 6.91. The first kappa shape index (κ1) is 13.1. The largest absolute Gasteiger partial charge is 0.392 e. The molecule has 1 fully saturated rings. The Morgan fingerprint density at radius 3 is 2.50 bits per heavy atom. The second kappa shape index (κ2) is 4.59. The highest BCUT2D eigenvalue weighted by Crippen LogP contribution is 2.31. The number of aromatic nitrogens is 1. The van der Waals surface area contributed by atoms with E-state index in [-0.39, 0.29) is 18.2 Å². The third-order valence-electron chi connectivity index (χ3n) is 4.38. The van der Waals surface area contributed by atoms with Crippen molar-refractivity contribution < 1.29 is 14.7 Å².